The van der Waals surface area contributed by atoms with Gasteiger partial charge in [-0.2, -0.15) is 0 Å². The molecule has 0 aliphatic carbocycles. The minimum Gasteiger partial charge on any atom is -0.399 e. The molecule has 0 spiro atoms. The predicted octanol–water partition coefficient (Wildman–Crippen LogP) is 3.24. The Morgan fingerprint density at radius 1 is 1.12 bits per heavy atom. The summed E-state index contributed by atoms with van der Waals surface area (Å²) in [6.07, 6.45) is 1.88. The van der Waals surface area contributed by atoms with Gasteiger partial charge in [0.1, 0.15) is 5.82 Å². The molecule has 0 aliphatic rings. The fraction of sp³-hybridized carbons (Fsp3) is 0. The van der Waals surface area contributed by atoms with E-state index in [1.165, 1.54) is 0 Å². The molecule has 0 atom stereocenters. The molecule has 3 aromatic rings. The van der Waals surface area contributed by atoms with Gasteiger partial charge in [0, 0.05) is 17.4 Å². The van der Waals surface area contributed by atoms with Gasteiger partial charge in [0.15, 0.2) is 5.15 Å². The van der Waals surface area contributed by atoms with Gasteiger partial charge in [0.25, 0.3) is 0 Å². The van der Waals surface area contributed by atoms with Crippen molar-refractivity contribution in [3.8, 4) is 11.4 Å². The molecule has 3 rings (SSSR count). The van der Waals surface area contributed by atoms with E-state index in [0.29, 0.717) is 10.8 Å². The first-order chi connectivity index (χ1) is 8.25. The summed E-state index contributed by atoms with van der Waals surface area (Å²) < 4.78 is 1.94. The van der Waals surface area contributed by atoms with Gasteiger partial charge in [-0.1, -0.05) is 41.9 Å². The van der Waals surface area contributed by atoms with Crippen LogP contribution in [-0.4, -0.2) is 9.38 Å². The summed E-state index contributed by atoms with van der Waals surface area (Å²) in [5.74, 6) is 0.825. The van der Waals surface area contributed by atoms with Crippen LogP contribution in [0.4, 0.5) is 5.69 Å². The monoisotopic (exact) mass is 243 g/mol. The van der Waals surface area contributed by atoms with Crippen LogP contribution in [0.5, 0.6) is 0 Å². The van der Waals surface area contributed by atoms with Gasteiger partial charge in [0.2, 0.25) is 0 Å². The van der Waals surface area contributed by atoms with Crippen molar-refractivity contribution in [2.24, 2.45) is 0 Å². The number of hydrogen-bond acceptors (Lipinski definition) is 2. The van der Waals surface area contributed by atoms with Crippen LogP contribution >= 0.6 is 11.6 Å². The second kappa shape index (κ2) is 3.79. The summed E-state index contributed by atoms with van der Waals surface area (Å²) in [6.45, 7) is 0. The minimum atomic E-state index is 0.469. The molecule has 0 fully saturated rings. The zero-order valence-corrected chi connectivity index (χ0v) is 9.72. The zero-order valence-electron chi connectivity index (χ0n) is 8.97. The molecular formula is C13H10ClN3. The SMILES string of the molecule is Nc1ccn2c(-c3ccccc3)nc(Cl)c2c1. The molecule has 84 valence electrons. The van der Waals surface area contributed by atoms with E-state index >= 15 is 0 Å². The highest BCUT2D eigenvalue weighted by molar-refractivity contribution is 6.33. The van der Waals surface area contributed by atoms with Gasteiger partial charge in [-0.15, -0.1) is 0 Å². The summed E-state index contributed by atoms with van der Waals surface area (Å²) in [7, 11) is 0. The van der Waals surface area contributed by atoms with Crippen molar-refractivity contribution >= 4 is 22.8 Å². The van der Waals surface area contributed by atoms with Crippen LogP contribution < -0.4 is 5.73 Å². The quantitative estimate of drug-likeness (QED) is 0.713. The molecular weight excluding hydrogens is 234 g/mol. The lowest BCUT2D eigenvalue weighted by Crippen LogP contribution is -1.91. The molecule has 17 heavy (non-hydrogen) atoms. The number of nitrogens with zero attached hydrogens (tertiary/aromatic N) is 2. The molecule has 2 aromatic heterocycles. The van der Waals surface area contributed by atoms with Crippen molar-refractivity contribution in [3.63, 3.8) is 0 Å². The number of halogens is 1. The maximum atomic E-state index is 6.11. The van der Waals surface area contributed by atoms with Crippen LogP contribution in [0.25, 0.3) is 16.9 Å². The molecule has 0 amide bonds. The molecule has 0 saturated heterocycles. The fourth-order valence-corrected chi connectivity index (χ4v) is 2.08. The number of aromatic nitrogens is 2. The molecule has 3 nitrogen and oxygen atoms in total. The Kier molecular flexibility index (Phi) is 2.27. The van der Waals surface area contributed by atoms with Gasteiger partial charge in [0.05, 0.1) is 5.52 Å². The van der Waals surface area contributed by atoms with Gasteiger partial charge in [-0.3, -0.25) is 4.40 Å². The smallest absolute Gasteiger partial charge is 0.155 e. The standard InChI is InChI=1S/C13H10ClN3/c14-12-11-8-10(15)6-7-17(11)13(16-12)9-4-2-1-3-5-9/h1-8H,15H2. The Labute approximate surface area is 103 Å². The molecule has 1 aromatic carbocycles. The average molecular weight is 244 g/mol. The van der Waals surface area contributed by atoms with E-state index in [9.17, 15) is 0 Å². The maximum absolute atomic E-state index is 6.11. The Hall–Kier alpha value is -2.00. The first-order valence-corrected chi connectivity index (χ1v) is 5.62. The second-order valence-corrected chi connectivity index (χ2v) is 4.17. The highest BCUT2D eigenvalue weighted by atomic mass is 35.5. The first kappa shape index (κ1) is 10.2. The Morgan fingerprint density at radius 2 is 1.88 bits per heavy atom. The average Bonchev–Trinajstić information content (AvgIpc) is 2.68. The van der Waals surface area contributed by atoms with Gasteiger partial charge in [-0.05, 0) is 12.1 Å². The van der Waals surface area contributed by atoms with E-state index in [2.05, 4.69) is 4.98 Å². The number of nitrogens with two attached hydrogens (primary N) is 1. The van der Waals surface area contributed by atoms with Crippen molar-refractivity contribution < 1.29 is 0 Å². The Bertz CT molecular complexity index is 674. The highest BCUT2D eigenvalue weighted by Gasteiger charge is 2.10. The lowest BCUT2D eigenvalue weighted by molar-refractivity contribution is 1.16. The van der Waals surface area contributed by atoms with Crippen LogP contribution in [-0.2, 0) is 0 Å². The van der Waals surface area contributed by atoms with Crippen LogP contribution in [0.2, 0.25) is 5.15 Å². The summed E-state index contributed by atoms with van der Waals surface area (Å²) >= 11 is 6.11. The van der Waals surface area contributed by atoms with E-state index in [-0.39, 0.29) is 0 Å². The number of rotatable bonds is 1. The summed E-state index contributed by atoms with van der Waals surface area (Å²) in [5.41, 5.74) is 8.27. The Morgan fingerprint density at radius 3 is 2.65 bits per heavy atom. The van der Waals surface area contributed by atoms with Crippen molar-refractivity contribution in [2.45, 2.75) is 0 Å². The van der Waals surface area contributed by atoms with Crippen LogP contribution in [0.1, 0.15) is 0 Å². The van der Waals surface area contributed by atoms with Gasteiger partial charge >= 0.3 is 0 Å². The van der Waals surface area contributed by atoms with Crippen LogP contribution in [0.3, 0.4) is 0 Å². The van der Waals surface area contributed by atoms with E-state index in [0.717, 1.165) is 16.9 Å². The summed E-state index contributed by atoms with van der Waals surface area (Å²) in [6, 6.07) is 13.6. The van der Waals surface area contributed by atoms with Crippen molar-refractivity contribution in [1.29, 1.82) is 0 Å². The highest BCUT2D eigenvalue weighted by Crippen LogP contribution is 2.26. The topological polar surface area (TPSA) is 43.3 Å². The lowest BCUT2D eigenvalue weighted by Gasteiger charge is -2.01. The predicted molar refractivity (Wildman–Crippen MR) is 70.1 cm³/mol. The number of hydrogen-bond donors (Lipinski definition) is 1. The van der Waals surface area contributed by atoms with E-state index in [1.807, 2.05) is 53.1 Å². The number of nitrogen functional groups attached to an aromatic ring is 1. The van der Waals surface area contributed by atoms with Crippen LogP contribution in [0.15, 0.2) is 48.7 Å². The number of pyridine rings is 1. The molecule has 0 aliphatic heterocycles. The molecule has 2 heterocycles. The van der Waals surface area contributed by atoms with Gasteiger partial charge in [-0.25, -0.2) is 4.98 Å². The van der Waals surface area contributed by atoms with Crippen molar-refractivity contribution in [2.75, 3.05) is 5.73 Å². The summed E-state index contributed by atoms with van der Waals surface area (Å²) in [4.78, 5) is 4.37. The molecule has 0 unspecified atom stereocenters. The largest absolute Gasteiger partial charge is 0.399 e. The molecule has 0 saturated carbocycles. The van der Waals surface area contributed by atoms with E-state index in [1.54, 1.807) is 0 Å². The third-order valence-corrected chi connectivity index (χ3v) is 2.93. The van der Waals surface area contributed by atoms with E-state index < -0.39 is 0 Å². The van der Waals surface area contributed by atoms with Crippen molar-refractivity contribution in [3.05, 3.63) is 53.8 Å². The zero-order chi connectivity index (χ0) is 11.8. The third kappa shape index (κ3) is 1.65. The van der Waals surface area contributed by atoms with Gasteiger partial charge < -0.3 is 5.73 Å². The maximum Gasteiger partial charge on any atom is 0.155 e. The third-order valence-electron chi connectivity index (χ3n) is 2.65. The molecule has 2 N–H and O–H groups in total. The number of fused-ring (bicyclic) bond motifs is 1. The molecule has 0 bridgehead atoms. The van der Waals surface area contributed by atoms with E-state index in [4.69, 9.17) is 17.3 Å². The Balaban J connectivity index is 2.32. The molecule has 4 heteroatoms. The number of anilines is 1. The molecule has 0 radical (unpaired) electrons. The lowest BCUT2D eigenvalue weighted by atomic mass is 10.2. The minimum absolute atomic E-state index is 0.469. The van der Waals surface area contributed by atoms with Crippen molar-refractivity contribution in [1.82, 2.24) is 9.38 Å². The van der Waals surface area contributed by atoms with Crippen LogP contribution in [0, 0.1) is 0 Å². The fourth-order valence-electron chi connectivity index (χ4n) is 1.86. The number of imidazole rings is 1. The second-order valence-electron chi connectivity index (χ2n) is 3.81. The summed E-state index contributed by atoms with van der Waals surface area (Å²) in [5, 5.41) is 0.469. The number of benzene rings is 1. The normalized spacial score (nSPS) is 10.9. The first-order valence-electron chi connectivity index (χ1n) is 5.24.